The van der Waals surface area contributed by atoms with E-state index < -0.39 is 0 Å². The first-order chi connectivity index (χ1) is 8.34. The van der Waals surface area contributed by atoms with Gasteiger partial charge in [0.25, 0.3) is 5.91 Å². The Morgan fingerprint density at radius 2 is 2.06 bits per heavy atom. The third kappa shape index (κ3) is 2.22. The third-order valence-electron chi connectivity index (χ3n) is 2.86. The van der Waals surface area contributed by atoms with Crippen molar-refractivity contribution >= 4 is 22.9 Å². The molecule has 86 valence electrons. The maximum Gasteiger partial charge on any atom is 0.266 e. The van der Waals surface area contributed by atoms with Gasteiger partial charge in [-0.15, -0.1) is 11.3 Å². The van der Waals surface area contributed by atoms with Gasteiger partial charge in [-0.3, -0.25) is 9.78 Å². The molecule has 0 saturated heterocycles. The second-order valence-electron chi connectivity index (χ2n) is 4.17. The van der Waals surface area contributed by atoms with E-state index in [9.17, 15) is 4.79 Å². The number of rotatable bonds is 3. The van der Waals surface area contributed by atoms with Crippen LogP contribution in [0.15, 0.2) is 36.0 Å². The summed E-state index contributed by atoms with van der Waals surface area (Å²) in [7, 11) is 0. The van der Waals surface area contributed by atoms with Crippen LogP contribution in [0.5, 0.6) is 0 Å². The number of thiophene rings is 1. The highest BCUT2D eigenvalue weighted by molar-refractivity contribution is 7.12. The molecule has 2 heterocycles. The summed E-state index contributed by atoms with van der Waals surface area (Å²) in [4.78, 5) is 16.9. The Kier molecular flexibility index (Phi) is 2.65. The molecule has 0 aliphatic heterocycles. The summed E-state index contributed by atoms with van der Waals surface area (Å²) in [5.74, 6) is 0.604. The highest BCUT2D eigenvalue weighted by Crippen LogP contribution is 2.43. The SMILES string of the molecule is O=C(Nc1ccncc1)c1sccc1C1CC1. The first kappa shape index (κ1) is 10.5. The van der Waals surface area contributed by atoms with Gasteiger partial charge in [-0.1, -0.05) is 0 Å². The van der Waals surface area contributed by atoms with Gasteiger partial charge in [0.15, 0.2) is 0 Å². The summed E-state index contributed by atoms with van der Waals surface area (Å²) in [5.41, 5.74) is 2.00. The van der Waals surface area contributed by atoms with Crippen LogP contribution in [0.1, 0.15) is 34.0 Å². The Balaban J connectivity index is 1.80. The molecule has 0 bridgehead atoms. The van der Waals surface area contributed by atoms with E-state index in [2.05, 4.69) is 16.4 Å². The fourth-order valence-corrected chi connectivity index (χ4v) is 2.72. The van der Waals surface area contributed by atoms with Gasteiger partial charge in [0.05, 0.1) is 4.88 Å². The number of amides is 1. The number of carbonyl (C=O) groups excluding carboxylic acids is 1. The molecule has 3 nitrogen and oxygen atoms in total. The van der Waals surface area contributed by atoms with Crippen LogP contribution in [-0.2, 0) is 0 Å². The number of aromatic nitrogens is 1. The van der Waals surface area contributed by atoms with Gasteiger partial charge in [0.1, 0.15) is 0 Å². The second kappa shape index (κ2) is 4.30. The predicted molar refractivity (Wildman–Crippen MR) is 68.5 cm³/mol. The molecule has 0 radical (unpaired) electrons. The van der Waals surface area contributed by atoms with Crippen LogP contribution in [-0.4, -0.2) is 10.9 Å². The quantitative estimate of drug-likeness (QED) is 0.900. The van der Waals surface area contributed by atoms with Crippen molar-refractivity contribution in [3.05, 3.63) is 46.4 Å². The van der Waals surface area contributed by atoms with Gasteiger partial charge in [-0.25, -0.2) is 0 Å². The molecule has 1 saturated carbocycles. The van der Waals surface area contributed by atoms with Gasteiger partial charge in [-0.05, 0) is 47.9 Å². The molecule has 0 unspecified atom stereocenters. The fraction of sp³-hybridized carbons (Fsp3) is 0.231. The van der Waals surface area contributed by atoms with E-state index in [0.29, 0.717) is 5.92 Å². The molecule has 3 rings (SSSR count). The third-order valence-corrected chi connectivity index (χ3v) is 3.79. The Labute approximate surface area is 104 Å². The van der Waals surface area contributed by atoms with Crippen LogP contribution >= 0.6 is 11.3 Å². The molecular weight excluding hydrogens is 232 g/mol. The van der Waals surface area contributed by atoms with Crippen molar-refractivity contribution in [2.45, 2.75) is 18.8 Å². The zero-order valence-corrected chi connectivity index (χ0v) is 10.0. The van der Waals surface area contributed by atoms with Crippen molar-refractivity contribution in [1.29, 1.82) is 0 Å². The summed E-state index contributed by atoms with van der Waals surface area (Å²) in [6, 6.07) is 5.66. The highest BCUT2D eigenvalue weighted by atomic mass is 32.1. The molecule has 2 aromatic heterocycles. The van der Waals surface area contributed by atoms with Crippen LogP contribution in [0.4, 0.5) is 5.69 Å². The molecule has 1 N–H and O–H groups in total. The molecule has 17 heavy (non-hydrogen) atoms. The van der Waals surface area contributed by atoms with Crippen molar-refractivity contribution < 1.29 is 4.79 Å². The summed E-state index contributed by atoms with van der Waals surface area (Å²) in [5, 5.41) is 4.89. The van der Waals surface area contributed by atoms with Gasteiger partial charge in [-0.2, -0.15) is 0 Å². The van der Waals surface area contributed by atoms with Gasteiger partial charge in [0.2, 0.25) is 0 Å². The molecule has 0 aromatic carbocycles. The van der Waals surface area contributed by atoms with Crippen LogP contribution in [0, 0.1) is 0 Å². The van der Waals surface area contributed by atoms with Crippen LogP contribution in [0.25, 0.3) is 0 Å². The molecule has 1 amide bonds. The first-order valence-corrected chi connectivity index (χ1v) is 6.51. The highest BCUT2D eigenvalue weighted by Gasteiger charge is 2.28. The summed E-state index contributed by atoms with van der Waals surface area (Å²) < 4.78 is 0. The monoisotopic (exact) mass is 244 g/mol. The summed E-state index contributed by atoms with van der Waals surface area (Å²) in [6.45, 7) is 0. The largest absolute Gasteiger partial charge is 0.321 e. The standard InChI is InChI=1S/C13H12N2OS/c16-13(15-10-3-6-14-7-4-10)12-11(5-8-17-12)9-1-2-9/h3-9H,1-2H2,(H,14,15,16). The second-order valence-corrected chi connectivity index (χ2v) is 5.09. The molecule has 2 aromatic rings. The Morgan fingerprint density at radius 1 is 1.29 bits per heavy atom. The van der Waals surface area contributed by atoms with E-state index in [1.807, 2.05) is 5.38 Å². The minimum absolute atomic E-state index is 0.00639. The Morgan fingerprint density at radius 3 is 2.76 bits per heavy atom. The first-order valence-electron chi connectivity index (χ1n) is 5.63. The zero-order chi connectivity index (χ0) is 11.7. The topological polar surface area (TPSA) is 42.0 Å². The van der Waals surface area contributed by atoms with Crippen molar-refractivity contribution in [1.82, 2.24) is 4.98 Å². The number of hydrogen-bond donors (Lipinski definition) is 1. The average molecular weight is 244 g/mol. The Bertz CT molecular complexity index is 531. The number of carbonyl (C=O) groups is 1. The van der Waals surface area contributed by atoms with Crippen LogP contribution < -0.4 is 5.32 Å². The summed E-state index contributed by atoms with van der Waals surface area (Å²) in [6.07, 6.45) is 5.77. The number of pyridine rings is 1. The lowest BCUT2D eigenvalue weighted by molar-refractivity contribution is 0.102. The molecule has 1 aliphatic carbocycles. The van der Waals surface area contributed by atoms with Gasteiger partial charge in [0, 0.05) is 18.1 Å². The average Bonchev–Trinajstić information content (AvgIpc) is 3.08. The minimum Gasteiger partial charge on any atom is -0.321 e. The lowest BCUT2D eigenvalue weighted by Gasteiger charge is -2.04. The van der Waals surface area contributed by atoms with Gasteiger partial charge < -0.3 is 5.32 Å². The molecular formula is C13H12N2OS. The van der Waals surface area contributed by atoms with Crippen molar-refractivity contribution in [3.63, 3.8) is 0 Å². The number of hydrogen-bond acceptors (Lipinski definition) is 3. The molecule has 1 aliphatic rings. The smallest absolute Gasteiger partial charge is 0.266 e. The van der Waals surface area contributed by atoms with Crippen LogP contribution in [0.3, 0.4) is 0 Å². The maximum atomic E-state index is 12.1. The van der Waals surface area contributed by atoms with E-state index in [-0.39, 0.29) is 5.91 Å². The lowest BCUT2D eigenvalue weighted by Crippen LogP contribution is -2.11. The van der Waals surface area contributed by atoms with Crippen molar-refractivity contribution in [3.8, 4) is 0 Å². The number of nitrogens with zero attached hydrogens (tertiary/aromatic N) is 1. The molecule has 0 atom stereocenters. The summed E-state index contributed by atoms with van der Waals surface area (Å²) >= 11 is 1.52. The van der Waals surface area contributed by atoms with Crippen molar-refractivity contribution in [2.24, 2.45) is 0 Å². The van der Waals surface area contributed by atoms with E-state index in [1.165, 1.54) is 29.7 Å². The van der Waals surface area contributed by atoms with E-state index in [4.69, 9.17) is 0 Å². The van der Waals surface area contributed by atoms with E-state index in [1.54, 1.807) is 24.5 Å². The molecule has 1 fully saturated rings. The number of anilines is 1. The normalized spacial score (nSPS) is 14.6. The fourth-order valence-electron chi connectivity index (χ4n) is 1.84. The van der Waals surface area contributed by atoms with Gasteiger partial charge >= 0.3 is 0 Å². The minimum atomic E-state index is -0.00639. The zero-order valence-electron chi connectivity index (χ0n) is 9.22. The predicted octanol–water partition coefficient (Wildman–Crippen LogP) is 3.27. The maximum absolute atomic E-state index is 12.1. The van der Waals surface area contributed by atoms with E-state index >= 15 is 0 Å². The lowest BCUT2D eigenvalue weighted by atomic mass is 10.1. The van der Waals surface area contributed by atoms with E-state index in [0.717, 1.165) is 10.6 Å². The molecule has 4 heteroatoms. The number of nitrogens with one attached hydrogen (secondary N) is 1. The Hall–Kier alpha value is -1.68. The van der Waals surface area contributed by atoms with Crippen LogP contribution in [0.2, 0.25) is 0 Å². The van der Waals surface area contributed by atoms with Crippen molar-refractivity contribution in [2.75, 3.05) is 5.32 Å². The molecule has 0 spiro atoms.